The fraction of sp³-hybridized carbons (Fsp3) is 0.533. The Hall–Kier alpha value is -1.64. The van der Waals surface area contributed by atoms with E-state index >= 15 is 0 Å². The van der Waals surface area contributed by atoms with Crippen molar-refractivity contribution in [3.63, 3.8) is 0 Å². The lowest BCUT2D eigenvalue weighted by Gasteiger charge is -2.36. The number of piperazine rings is 1. The zero-order chi connectivity index (χ0) is 14.5. The summed E-state index contributed by atoms with van der Waals surface area (Å²) in [5.74, 6) is -0.352. The van der Waals surface area contributed by atoms with Crippen molar-refractivity contribution < 1.29 is 4.39 Å². The zero-order valence-electron chi connectivity index (χ0n) is 12.1. The highest BCUT2D eigenvalue weighted by Gasteiger charge is 2.19. The molecule has 0 aromatic heterocycles. The minimum absolute atomic E-state index is 0.352. The van der Waals surface area contributed by atoms with E-state index < -0.39 is 0 Å². The number of benzene rings is 1. The summed E-state index contributed by atoms with van der Waals surface area (Å²) < 4.78 is 13.2. The van der Waals surface area contributed by atoms with Gasteiger partial charge in [0.2, 0.25) is 0 Å². The third-order valence-electron chi connectivity index (χ3n) is 3.66. The summed E-state index contributed by atoms with van der Waals surface area (Å²) in [4.78, 5) is 6.77. The molecular formula is C15H21FN4. The lowest BCUT2D eigenvalue weighted by atomic mass is 10.1. The fourth-order valence-electron chi connectivity index (χ4n) is 2.43. The van der Waals surface area contributed by atoms with E-state index in [4.69, 9.17) is 5.26 Å². The van der Waals surface area contributed by atoms with Crippen molar-refractivity contribution in [3.05, 3.63) is 29.6 Å². The van der Waals surface area contributed by atoms with Gasteiger partial charge in [0.05, 0.1) is 11.3 Å². The maximum atomic E-state index is 13.2. The van der Waals surface area contributed by atoms with Gasteiger partial charge < -0.3 is 9.80 Å². The topological polar surface area (TPSA) is 33.5 Å². The van der Waals surface area contributed by atoms with Crippen molar-refractivity contribution in [2.45, 2.75) is 0 Å². The summed E-state index contributed by atoms with van der Waals surface area (Å²) >= 11 is 0. The molecule has 0 atom stereocenters. The number of nitrogens with zero attached hydrogens (tertiary/aromatic N) is 4. The van der Waals surface area contributed by atoms with E-state index in [1.165, 1.54) is 12.1 Å². The second kappa shape index (κ2) is 6.69. The van der Waals surface area contributed by atoms with Crippen LogP contribution in [0.15, 0.2) is 18.2 Å². The van der Waals surface area contributed by atoms with Crippen LogP contribution in [0.4, 0.5) is 10.1 Å². The summed E-state index contributed by atoms with van der Waals surface area (Å²) in [6.07, 6.45) is 0. The molecule has 108 valence electrons. The molecule has 1 aromatic carbocycles. The Bertz CT molecular complexity index is 487. The molecular weight excluding hydrogens is 255 g/mol. The van der Waals surface area contributed by atoms with Gasteiger partial charge in [0.15, 0.2) is 0 Å². The van der Waals surface area contributed by atoms with E-state index in [0.29, 0.717) is 5.56 Å². The maximum Gasteiger partial charge on any atom is 0.124 e. The van der Waals surface area contributed by atoms with E-state index in [9.17, 15) is 4.39 Å². The normalized spacial score (nSPS) is 16.4. The number of halogens is 1. The summed E-state index contributed by atoms with van der Waals surface area (Å²) in [6, 6.07) is 6.53. The molecule has 0 aliphatic carbocycles. The number of anilines is 1. The Morgan fingerprint density at radius 2 is 1.95 bits per heavy atom. The van der Waals surface area contributed by atoms with Crippen LogP contribution in [0.2, 0.25) is 0 Å². The van der Waals surface area contributed by atoms with Crippen LogP contribution in [-0.4, -0.2) is 63.2 Å². The van der Waals surface area contributed by atoms with Crippen LogP contribution in [0.5, 0.6) is 0 Å². The predicted octanol–water partition coefficient (Wildman–Crippen LogP) is 1.38. The van der Waals surface area contributed by atoms with Crippen LogP contribution in [0.3, 0.4) is 0 Å². The molecule has 1 aliphatic rings. The number of hydrogen-bond donors (Lipinski definition) is 0. The molecule has 0 amide bonds. The molecule has 0 spiro atoms. The van der Waals surface area contributed by atoms with Crippen LogP contribution in [0, 0.1) is 17.1 Å². The van der Waals surface area contributed by atoms with Crippen LogP contribution in [-0.2, 0) is 0 Å². The molecule has 2 rings (SSSR count). The van der Waals surface area contributed by atoms with Gasteiger partial charge in [-0.3, -0.25) is 4.90 Å². The fourth-order valence-corrected chi connectivity index (χ4v) is 2.43. The van der Waals surface area contributed by atoms with Crippen LogP contribution >= 0.6 is 0 Å². The molecule has 1 saturated heterocycles. The molecule has 1 aromatic rings. The predicted molar refractivity (Wildman–Crippen MR) is 78.3 cm³/mol. The van der Waals surface area contributed by atoms with Crippen molar-refractivity contribution >= 4 is 5.69 Å². The molecule has 5 heteroatoms. The van der Waals surface area contributed by atoms with Crippen molar-refractivity contribution in [1.82, 2.24) is 9.80 Å². The van der Waals surface area contributed by atoms with Gasteiger partial charge in [-0.1, -0.05) is 0 Å². The largest absolute Gasteiger partial charge is 0.368 e. The highest BCUT2D eigenvalue weighted by atomic mass is 19.1. The first-order valence-electron chi connectivity index (χ1n) is 6.92. The molecule has 4 nitrogen and oxygen atoms in total. The molecule has 20 heavy (non-hydrogen) atoms. The Labute approximate surface area is 120 Å². The highest BCUT2D eigenvalue weighted by molar-refractivity contribution is 5.59. The number of hydrogen-bond acceptors (Lipinski definition) is 4. The Morgan fingerprint density at radius 3 is 2.55 bits per heavy atom. The highest BCUT2D eigenvalue weighted by Crippen LogP contribution is 2.22. The van der Waals surface area contributed by atoms with Gasteiger partial charge in [0, 0.05) is 39.3 Å². The molecule has 1 aliphatic heterocycles. The van der Waals surface area contributed by atoms with E-state index in [0.717, 1.165) is 45.0 Å². The summed E-state index contributed by atoms with van der Waals surface area (Å²) in [5.41, 5.74) is 1.27. The Morgan fingerprint density at radius 1 is 1.25 bits per heavy atom. The third kappa shape index (κ3) is 3.69. The van der Waals surface area contributed by atoms with Crippen molar-refractivity contribution in [1.29, 1.82) is 5.26 Å². The average Bonchev–Trinajstić information content (AvgIpc) is 2.45. The molecule has 1 heterocycles. The van der Waals surface area contributed by atoms with Crippen molar-refractivity contribution in [3.8, 4) is 6.07 Å². The van der Waals surface area contributed by atoms with Gasteiger partial charge in [0.1, 0.15) is 11.9 Å². The standard InChI is InChI=1S/C15H21FN4/c1-18(2)5-6-19-7-9-20(10-8-19)15-4-3-14(16)11-13(15)12-17/h3-4,11H,5-10H2,1-2H3. The van der Waals surface area contributed by atoms with Crippen LogP contribution in [0.1, 0.15) is 5.56 Å². The van der Waals surface area contributed by atoms with Gasteiger partial charge in [-0.15, -0.1) is 0 Å². The monoisotopic (exact) mass is 276 g/mol. The van der Waals surface area contributed by atoms with E-state index in [2.05, 4.69) is 34.9 Å². The molecule has 0 bridgehead atoms. The molecule has 0 radical (unpaired) electrons. The first-order chi connectivity index (χ1) is 9.60. The summed E-state index contributed by atoms with van der Waals surface area (Å²) in [7, 11) is 4.15. The van der Waals surface area contributed by atoms with Crippen LogP contribution in [0.25, 0.3) is 0 Å². The van der Waals surface area contributed by atoms with E-state index in [1.807, 2.05) is 0 Å². The van der Waals surface area contributed by atoms with E-state index in [1.54, 1.807) is 6.07 Å². The van der Waals surface area contributed by atoms with Gasteiger partial charge in [-0.2, -0.15) is 5.26 Å². The third-order valence-corrected chi connectivity index (χ3v) is 3.66. The Balaban J connectivity index is 1.96. The van der Waals surface area contributed by atoms with Gasteiger partial charge in [-0.25, -0.2) is 4.39 Å². The van der Waals surface area contributed by atoms with Gasteiger partial charge in [0.25, 0.3) is 0 Å². The lowest BCUT2D eigenvalue weighted by molar-refractivity contribution is 0.229. The van der Waals surface area contributed by atoms with Crippen molar-refractivity contribution in [2.24, 2.45) is 0 Å². The minimum atomic E-state index is -0.352. The second-order valence-corrected chi connectivity index (χ2v) is 5.41. The van der Waals surface area contributed by atoms with Crippen LogP contribution < -0.4 is 4.90 Å². The quantitative estimate of drug-likeness (QED) is 0.832. The first-order valence-corrected chi connectivity index (χ1v) is 6.92. The summed E-state index contributed by atoms with van der Waals surface area (Å²) in [5, 5.41) is 9.11. The Kier molecular flexibility index (Phi) is 4.94. The molecule has 0 N–H and O–H groups in total. The van der Waals surface area contributed by atoms with Gasteiger partial charge >= 0.3 is 0 Å². The molecule has 1 fully saturated rings. The number of likely N-dealkylation sites (N-methyl/N-ethyl adjacent to an activating group) is 1. The average molecular weight is 276 g/mol. The molecule has 0 saturated carbocycles. The number of nitriles is 1. The van der Waals surface area contributed by atoms with Gasteiger partial charge in [-0.05, 0) is 32.3 Å². The zero-order valence-corrected chi connectivity index (χ0v) is 12.1. The minimum Gasteiger partial charge on any atom is -0.368 e. The lowest BCUT2D eigenvalue weighted by Crippen LogP contribution is -2.48. The maximum absolute atomic E-state index is 13.2. The smallest absolute Gasteiger partial charge is 0.124 e. The first kappa shape index (κ1) is 14.8. The number of rotatable bonds is 4. The molecule has 0 unspecified atom stereocenters. The summed E-state index contributed by atoms with van der Waals surface area (Å²) in [6.45, 7) is 5.85. The SMILES string of the molecule is CN(C)CCN1CCN(c2ccc(F)cc2C#N)CC1. The van der Waals surface area contributed by atoms with Crippen molar-refractivity contribution in [2.75, 3.05) is 58.3 Å². The second-order valence-electron chi connectivity index (χ2n) is 5.41. The van der Waals surface area contributed by atoms with E-state index in [-0.39, 0.29) is 5.82 Å².